The molecular weight excluding hydrogens is 466 g/mol. The fraction of sp³-hybridized carbons (Fsp3) is 0.520. The number of rotatable bonds is 9. The first-order valence-electron chi connectivity index (χ1n) is 12.1. The van der Waals surface area contributed by atoms with Gasteiger partial charge in [0.25, 0.3) is 5.91 Å². The summed E-state index contributed by atoms with van der Waals surface area (Å²) in [5, 5.41) is 6.95. The number of esters is 1. The first kappa shape index (κ1) is 25.1. The molecule has 3 N–H and O–H groups in total. The largest absolute Gasteiger partial charge is 0.464 e. The Morgan fingerprint density at radius 1 is 1.31 bits per heavy atom. The van der Waals surface area contributed by atoms with E-state index in [1.54, 1.807) is 29.7 Å². The highest BCUT2D eigenvalue weighted by Gasteiger charge is 2.34. The minimum atomic E-state index is -0.565. The van der Waals surface area contributed by atoms with Crippen molar-refractivity contribution in [2.75, 3.05) is 19.7 Å². The van der Waals surface area contributed by atoms with Crippen molar-refractivity contribution in [3.63, 3.8) is 0 Å². The predicted molar refractivity (Wildman–Crippen MR) is 133 cm³/mol. The summed E-state index contributed by atoms with van der Waals surface area (Å²) >= 11 is 1.61. The number of likely N-dealkylation sites (tertiary alicyclic amines) is 1. The normalized spacial score (nSPS) is 19.8. The number of primary amides is 1. The molecule has 188 valence electrons. The maximum absolute atomic E-state index is 13.2. The van der Waals surface area contributed by atoms with E-state index < -0.39 is 11.9 Å². The van der Waals surface area contributed by atoms with Crippen molar-refractivity contribution in [1.82, 2.24) is 20.1 Å². The molecule has 0 bridgehead atoms. The van der Waals surface area contributed by atoms with Crippen LogP contribution in [0.3, 0.4) is 0 Å². The van der Waals surface area contributed by atoms with Gasteiger partial charge in [-0.2, -0.15) is 11.3 Å². The molecular formula is C25H33N5O4S. The first-order valence-corrected chi connectivity index (χ1v) is 13.1. The zero-order valence-electron chi connectivity index (χ0n) is 20.0. The Morgan fingerprint density at radius 2 is 2.11 bits per heavy atom. The molecule has 4 rings (SSSR count). The van der Waals surface area contributed by atoms with Crippen molar-refractivity contribution in [2.45, 2.75) is 63.7 Å². The second kappa shape index (κ2) is 11.6. The highest BCUT2D eigenvalue weighted by atomic mass is 32.1. The maximum Gasteiger partial charge on any atom is 0.328 e. The molecule has 2 aliphatic heterocycles. The zero-order chi connectivity index (χ0) is 24.8. The number of hydrogen-bond acceptors (Lipinski definition) is 7. The Bertz CT molecular complexity index is 1020. The van der Waals surface area contributed by atoms with E-state index in [-0.39, 0.29) is 18.0 Å². The molecule has 0 saturated carbocycles. The van der Waals surface area contributed by atoms with Gasteiger partial charge in [0.2, 0.25) is 0 Å². The average molecular weight is 500 g/mol. The highest BCUT2D eigenvalue weighted by Crippen LogP contribution is 2.23. The molecule has 10 heteroatoms. The summed E-state index contributed by atoms with van der Waals surface area (Å²) in [7, 11) is 0. The molecule has 0 aliphatic carbocycles. The van der Waals surface area contributed by atoms with E-state index in [2.05, 4.69) is 27.5 Å². The van der Waals surface area contributed by atoms with Gasteiger partial charge in [-0.3, -0.25) is 9.78 Å². The molecule has 4 heterocycles. The molecule has 35 heavy (non-hydrogen) atoms. The zero-order valence-corrected chi connectivity index (χ0v) is 20.8. The Kier molecular flexibility index (Phi) is 8.35. The summed E-state index contributed by atoms with van der Waals surface area (Å²) in [4.78, 5) is 45.4. The number of aromatic nitrogens is 1. The van der Waals surface area contributed by atoms with Gasteiger partial charge in [-0.1, -0.05) is 0 Å². The van der Waals surface area contributed by atoms with Crippen molar-refractivity contribution < 1.29 is 19.1 Å². The number of nitrogens with zero attached hydrogens (tertiary/aromatic N) is 3. The quantitative estimate of drug-likeness (QED) is 0.512. The van der Waals surface area contributed by atoms with Crippen LogP contribution in [0, 0.1) is 0 Å². The van der Waals surface area contributed by atoms with Crippen molar-refractivity contribution in [3.05, 3.63) is 52.0 Å². The number of nitrogens with one attached hydrogen (secondary N) is 1. The lowest BCUT2D eigenvalue weighted by Gasteiger charge is -2.41. The number of amides is 3. The van der Waals surface area contributed by atoms with E-state index in [0.29, 0.717) is 37.6 Å². The van der Waals surface area contributed by atoms with Gasteiger partial charge < -0.3 is 25.6 Å². The van der Waals surface area contributed by atoms with Crippen molar-refractivity contribution in [3.8, 4) is 0 Å². The van der Waals surface area contributed by atoms with Crippen molar-refractivity contribution in [2.24, 2.45) is 5.73 Å². The minimum absolute atomic E-state index is 0.0908. The van der Waals surface area contributed by atoms with Crippen LogP contribution >= 0.6 is 11.3 Å². The number of urea groups is 1. The molecule has 2 saturated heterocycles. The number of thiophene rings is 1. The van der Waals surface area contributed by atoms with Crippen LogP contribution < -0.4 is 11.1 Å². The molecule has 2 aromatic rings. The maximum atomic E-state index is 13.2. The van der Waals surface area contributed by atoms with Crippen LogP contribution in [0.15, 0.2) is 35.2 Å². The summed E-state index contributed by atoms with van der Waals surface area (Å²) in [6.07, 6.45) is 5.46. The Hall–Kier alpha value is -2.98. The Labute approximate surface area is 209 Å². The van der Waals surface area contributed by atoms with Crippen molar-refractivity contribution in [1.29, 1.82) is 0 Å². The molecule has 2 atom stereocenters. The lowest BCUT2D eigenvalue weighted by molar-refractivity contribution is -0.139. The molecule has 9 nitrogen and oxygen atoms in total. The number of piperidine rings is 1. The molecule has 2 aliphatic rings. The number of ether oxygens (including phenoxy) is 1. The third-order valence-corrected chi connectivity index (χ3v) is 7.68. The molecule has 0 aromatic carbocycles. The average Bonchev–Trinajstić information content (AvgIpc) is 3.53. The number of carbonyl (C=O) groups excluding carboxylic acids is 3. The number of aryl methyl sites for hydroxylation is 1. The monoisotopic (exact) mass is 499 g/mol. The van der Waals surface area contributed by atoms with Gasteiger partial charge >= 0.3 is 12.0 Å². The number of pyridine rings is 1. The van der Waals surface area contributed by atoms with Gasteiger partial charge in [-0.05, 0) is 67.1 Å². The Balaban J connectivity index is 1.34. The van der Waals surface area contributed by atoms with E-state index in [9.17, 15) is 14.4 Å². The van der Waals surface area contributed by atoms with Gasteiger partial charge in [0.05, 0.1) is 17.9 Å². The van der Waals surface area contributed by atoms with Gasteiger partial charge in [-0.25, -0.2) is 9.59 Å². The van der Waals surface area contributed by atoms with Crippen LogP contribution in [0.1, 0.15) is 54.2 Å². The number of cyclic esters (lactones) is 1. The van der Waals surface area contributed by atoms with E-state index in [4.69, 9.17) is 10.5 Å². The second-order valence-electron chi connectivity index (χ2n) is 9.23. The fourth-order valence-electron chi connectivity index (χ4n) is 4.83. The first-order chi connectivity index (χ1) is 16.9. The summed E-state index contributed by atoms with van der Waals surface area (Å²) < 4.78 is 5.01. The molecule has 1 unspecified atom stereocenters. The van der Waals surface area contributed by atoms with E-state index in [1.165, 1.54) is 0 Å². The predicted octanol–water partition coefficient (Wildman–Crippen LogP) is 2.55. The molecule has 2 fully saturated rings. The van der Waals surface area contributed by atoms with Crippen LogP contribution in [-0.4, -0.2) is 70.5 Å². The Morgan fingerprint density at radius 3 is 2.77 bits per heavy atom. The minimum Gasteiger partial charge on any atom is -0.464 e. The molecule has 2 aromatic heterocycles. The topological polar surface area (TPSA) is 118 Å². The van der Waals surface area contributed by atoms with Crippen LogP contribution in [0.4, 0.5) is 4.79 Å². The van der Waals surface area contributed by atoms with Gasteiger partial charge in [-0.15, -0.1) is 0 Å². The van der Waals surface area contributed by atoms with E-state index in [0.717, 1.165) is 43.6 Å². The number of hydrogen-bond donors (Lipinski definition) is 2. The summed E-state index contributed by atoms with van der Waals surface area (Å²) in [5.74, 6) is -0.804. The fourth-order valence-corrected chi connectivity index (χ4v) is 5.49. The number of nitrogens with two attached hydrogens (primary N) is 1. The molecule has 3 amide bonds. The third-order valence-electron chi connectivity index (χ3n) is 6.94. The van der Waals surface area contributed by atoms with Crippen LogP contribution in [0.25, 0.3) is 0 Å². The molecule has 0 radical (unpaired) electrons. The summed E-state index contributed by atoms with van der Waals surface area (Å²) in [5.41, 5.74) is 7.81. The summed E-state index contributed by atoms with van der Waals surface area (Å²) in [6, 6.07) is 5.11. The van der Waals surface area contributed by atoms with Crippen LogP contribution in [0.5, 0.6) is 0 Å². The van der Waals surface area contributed by atoms with Gasteiger partial charge in [0.15, 0.2) is 0 Å². The SMILES string of the molecule is C[C@H](CCc1ncccc1C(N)=O)N1CCC(N(Cc2ccsc2)C(=O)NC2CCOC2=O)CC1. The standard InChI is InChI=1S/C25H33N5O4S/c1-17(4-5-21-20(23(26)31)3-2-10-27-21)29-11-6-19(7-12-29)30(15-18-9-14-35-16-18)25(33)28-22-8-13-34-24(22)32/h2-3,9-10,14,16-17,19,22H,4-8,11-13,15H2,1H3,(H2,26,31)(H,28,33)/t17-,22?/m1/s1. The van der Waals surface area contributed by atoms with Crippen LogP contribution in [0.2, 0.25) is 0 Å². The van der Waals surface area contributed by atoms with Crippen molar-refractivity contribution >= 4 is 29.2 Å². The lowest BCUT2D eigenvalue weighted by atomic mass is 9.99. The molecule has 0 spiro atoms. The number of carbonyl (C=O) groups is 3. The smallest absolute Gasteiger partial charge is 0.328 e. The lowest BCUT2D eigenvalue weighted by Crippen LogP contribution is -2.53. The van der Waals surface area contributed by atoms with E-state index in [1.807, 2.05) is 16.3 Å². The van der Waals surface area contributed by atoms with Crippen LogP contribution in [-0.2, 0) is 22.5 Å². The highest BCUT2D eigenvalue weighted by molar-refractivity contribution is 7.07. The van der Waals surface area contributed by atoms with E-state index >= 15 is 0 Å². The third kappa shape index (κ3) is 6.37. The van der Waals surface area contributed by atoms with Gasteiger partial charge in [0, 0.05) is 44.3 Å². The van der Waals surface area contributed by atoms with Gasteiger partial charge in [0.1, 0.15) is 6.04 Å². The summed E-state index contributed by atoms with van der Waals surface area (Å²) in [6.45, 7) is 4.80. The second-order valence-corrected chi connectivity index (χ2v) is 10.0.